The Morgan fingerprint density at radius 3 is 2.66 bits per heavy atom. The molecule has 1 aliphatic heterocycles. The van der Waals surface area contributed by atoms with Crippen LogP contribution in [0, 0.1) is 23.9 Å². The lowest BCUT2D eigenvalue weighted by molar-refractivity contribution is -0.618. The summed E-state index contributed by atoms with van der Waals surface area (Å²) in [5, 5.41) is 33.6. The number of aliphatic hydroxyl groups is 2. The Hall–Kier alpha value is -2.75. The summed E-state index contributed by atoms with van der Waals surface area (Å²) in [6, 6.07) is 5.76. The number of ether oxygens (including phenoxy) is 2. The van der Waals surface area contributed by atoms with Gasteiger partial charge in [0, 0.05) is 23.1 Å². The zero-order chi connectivity index (χ0) is 23.8. The van der Waals surface area contributed by atoms with Crippen LogP contribution in [0.25, 0.3) is 0 Å². The smallest absolute Gasteiger partial charge is 0.254 e. The highest BCUT2D eigenvalue weighted by molar-refractivity contribution is 5.95. The van der Waals surface area contributed by atoms with Crippen molar-refractivity contribution >= 4 is 11.6 Å². The number of anilines is 1. The predicted molar refractivity (Wildman–Crippen MR) is 115 cm³/mol. The van der Waals surface area contributed by atoms with Gasteiger partial charge in [-0.3, -0.25) is 4.79 Å². The Kier molecular flexibility index (Phi) is 6.73. The van der Waals surface area contributed by atoms with Gasteiger partial charge in [0.05, 0.1) is 19.3 Å². The van der Waals surface area contributed by atoms with Crippen molar-refractivity contribution in [3.63, 3.8) is 0 Å². The lowest BCUT2D eigenvalue weighted by Gasteiger charge is -2.26. The average Bonchev–Trinajstić information content (AvgIpc) is 2.99. The van der Waals surface area contributed by atoms with Gasteiger partial charge >= 0.3 is 0 Å². The normalized spacial score (nSPS) is 23.1. The van der Waals surface area contributed by atoms with E-state index in [1.54, 1.807) is 13.0 Å². The van der Waals surface area contributed by atoms with E-state index in [2.05, 4.69) is 5.32 Å². The number of methoxy groups -OCH3 is 1. The molecule has 9 heteroatoms. The summed E-state index contributed by atoms with van der Waals surface area (Å²) < 4.78 is 26.1. The minimum absolute atomic E-state index is 0.0400. The lowest BCUT2D eigenvalue weighted by Crippen LogP contribution is -2.37. The summed E-state index contributed by atoms with van der Waals surface area (Å²) in [6.45, 7) is 6.76. The molecule has 3 rings (SSSR count). The molecule has 8 nitrogen and oxygen atoms in total. The number of pyridine rings is 1. The van der Waals surface area contributed by atoms with Gasteiger partial charge < -0.3 is 30.2 Å². The minimum Gasteiger partial charge on any atom is -0.618 e. The number of aromatic nitrogens is 1. The molecule has 0 bridgehead atoms. The molecule has 2 aromatic rings. The molecule has 1 fully saturated rings. The fourth-order valence-corrected chi connectivity index (χ4v) is 4.20. The molecule has 0 radical (unpaired) electrons. The van der Waals surface area contributed by atoms with Gasteiger partial charge in [0.1, 0.15) is 23.4 Å². The van der Waals surface area contributed by atoms with Crippen LogP contribution in [0.1, 0.15) is 49.6 Å². The van der Waals surface area contributed by atoms with Crippen molar-refractivity contribution in [3.8, 4) is 5.75 Å². The number of halogens is 1. The van der Waals surface area contributed by atoms with E-state index in [1.807, 2.05) is 20.8 Å². The molecule has 0 spiro atoms. The van der Waals surface area contributed by atoms with Crippen LogP contribution in [0.5, 0.6) is 5.75 Å². The number of hydrogen-bond acceptors (Lipinski definition) is 6. The number of aliphatic hydroxyl groups excluding tert-OH is 2. The third kappa shape index (κ3) is 4.28. The molecule has 0 aliphatic carbocycles. The zero-order valence-electron chi connectivity index (χ0n) is 18.8. The predicted octanol–water partition coefficient (Wildman–Crippen LogP) is 2.34. The van der Waals surface area contributed by atoms with E-state index in [4.69, 9.17) is 14.6 Å². The first-order valence-electron chi connectivity index (χ1n) is 10.4. The Labute approximate surface area is 186 Å². The second-order valence-electron chi connectivity index (χ2n) is 8.61. The van der Waals surface area contributed by atoms with E-state index >= 15 is 0 Å². The monoisotopic (exact) mass is 448 g/mol. The first kappa shape index (κ1) is 23.9. The van der Waals surface area contributed by atoms with Crippen molar-refractivity contribution in [3.05, 3.63) is 58.3 Å². The second-order valence-corrected chi connectivity index (χ2v) is 8.61. The molecule has 1 aliphatic rings. The Balaban J connectivity index is 1.94. The van der Waals surface area contributed by atoms with Gasteiger partial charge in [-0.25, -0.2) is 4.39 Å². The zero-order valence-corrected chi connectivity index (χ0v) is 18.8. The average molecular weight is 448 g/mol. The van der Waals surface area contributed by atoms with Crippen molar-refractivity contribution in [1.82, 2.24) is 0 Å². The number of benzene rings is 1. The highest BCUT2D eigenvalue weighted by Crippen LogP contribution is 2.49. The summed E-state index contributed by atoms with van der Waals surface area (Å²) in [6.07, 6.45) is -1.13. The second kappa shape index (κ2) is 9.01. The molecule has 0 saturated carbocycles. The molecule has 4 atom stereocenters. The first-order chi connectivity index (χ1) is 15.0. The molecule has 2 heterocycles. The van der Waals surface area contributed by atoms with Crippen LogP contribution in [0.3, 0.4) is 0 Å². The number of nitrogens with zero attached hydrogens (tertiary/aromatic N) is 1. The van der Waals surface area contributed by atoms with Crippen LogP contribution < -0.4 is 14.8 Å². The largest absolute Gasteiger partial charge is 0.618 e. The summed E-state index contributed by atoms with van der Waals surface area (Å²) in [4.78, 5) is 13.2. The number of carbonyl (C=O) groups is 1. The van der Waals surface area contributed by atoms with E-state index in [9.17, 15) is 19.5 Å². The quantitative estimate of drug-likeness (QED) is 0.462. The van der Waals surface area contributed by atoms with Gasteiger partial charge in [0.25, 0.3) is 5.91 Å². The topological polar surface area (TPSA) is 115 Å². The van der Waals surface area contributed by atoms with Gasteiger partial charge in [0.2, 0.25) is 11.9 Å². The summed E-state index contributed by atoms with van der Waals surface area (Å²) in [5.41, 5.74) is 0.548. The van der Waals surface area contributed by atoms with E-state index in [1.165, 1.54) is 25.3 Å². The van der Waals surface area contributed by atoms with E-state index in [0.29, 0.717) is 21.6 Å². The van der Waals surface area contributed by atoms with Crippen molar-refractivity contribution in [2.24, 2.45) is 5.92 Å². The molecule has 174 valence electrons. The standard InChI is InChI=1S/C23H29FN2O6/c1-12-16(24)8-7-15(20(12)31-5)19-13(2)23(3,4)32-21(19)22(29)25-14-6-9-17(18(28)11-27)26(30)10-14/h6-10,13,18-19,21,27-28H,11H2,1-5H3,(H,25,29)/t13-,18+,19-,21+/m0/s1. The molecular weight excluding hydrogens is 419 g/mol. The van der Waals surface area contributed by atoms with Gasteiger partial charge in [-0.1, -0.05) is 13.0 Å². The van der Waals surface area contributed by atoms with Crippen LogP contribution in [0.15, 0.2) is 30.5 Å². The van der Waals surface area contributed by atoms with E-state index < -0.39 is 42.1 Å². The number of carbonyl (C=O) groups excluding carboxylic acids is 1. The highest BCUT2D eigenvalue weighted by Gasteiger charge is 2.51. The van der Waals surface area contributed by atoms with Gasteiger partial charge in [-0.15, -0.1) is 0 Å². The molecule has 1 amide bonds. The maximum Gasteiger partial charge on any atom is 0.254 e. The Bertz CT molecular complexity index is 1010. The van der Waals surface area contributed by atoms with E-state index in [-0.39, 0.29) is 17.3 Å². The molecule has 1 aromatic carbocycles. The van der Waals surface area contributed by atoms with Crippen molar-refractivity contribution < 1.29 is 33.6 Å². The molecular formula is C23H29FN2O6. The van der Waals surface area contributed by atoms with Crippen molar-refractivity contribution in [1.29, 1.82) is 0 Å². The molecule has 3 N–H and O–H groups in total. The van der Waals surface area contributed by atoms with Gasteiger partial charge in [0.15, 0.2) is 6.10 Å². The number of amides is 1. The number of rotatable bonds is 6. The third-order valence-electron chi connectivity index (χ3n) is 6.31. The van der Waals surface area contributed by atoms with Crippen LogP contribution in [0.4, 0.5) is 10.1 Å². The number of nitrogens with one attached hydrogen (secondary N) is 1. The summed E-state index contributed by atoms with van der Waals surface area (Å²) >= 11 is 0. The van der Waals surface area contributed by atoms with Crippen LogP contribution in [-0.2, 0) is 9.53 Å². The Morgan fingerprint density at radius 1 is 1.38 bits per heavy atom. The summed E-state index contributed by atoms with van der Waals surface area (Å²) in [5.74, 6) is -1.02. The van der Waals surface area contributed by atoms with Crippen LogP contribution in [0.2, 0.25) is 0 Å². The first-order valence-corrected chi connectivity index (χ1v) is 10.4. The van der Waals surface area contributed by atoms with Crippen LogP contribution >= 0.6 is 0 Å². The van der Waals surface area contributed by atoms with Crippen molar-refractivity contribution in [2.45, 2.75) is 51.4 Å². The minimum atomic E-state index is -1.32. The molecule has 1 saturated heterocycles. The third-order valence-corrected chi connectivity index (χ3v) is 6.31. The van der Waals surface area contributed by atoms with Crippen LogP contribution in [-0.4, -0.2) is 41.5 Å². The lowest BCUT2D eigenvalue weighted by atomic mass is 9.77. The maximum absolute atomic E-state index is 14.1. The fourth-order valence-electron chi connectivity index (χ4n) is 4.20. The maximum atomic E-state index is 14.1. The highest BCUT2D eigenvalue weighted by atomic mass is 19.1. The SMILES string of the molecule is COc1c([C@H]2[C@H](C(=O)Nc3ccc([C@H](O)CO)[n+]([O-])c3)OC(C)(C)[C@H]2C)ccc(F)c1C. The molecule has 1 aromatic heterocycles. The van der Waals surface area contributed by atoms with E-state index in [0.717, 1.165) is 6.20 Å². The molecule has 32 heavy (non-hydrogen) atoms. The fraction of sp³-hybridized carbons (Fsp3) is 0.478. The number of hydrogen-bond donors (Lipinski definition) is 3. The molecule has 0 unspecified atom stereocenters. The summed E-state index contributed by atoms with van der Waals surface area (Å²) in [7, 11) is 1.46. The van der Waals surface area contributed by atoms with Crippen molar-refractivity contribution in [2.75, 3.05) is 19.0 Å². The van der Waals surface area contributed by atoms with Gasteiger partial charge in [-0.2, -0.15) is 4.73 Å². The van der Waals surface area contributed by atoms with Gasteiger partial charge in [-0.05, 0) is 38.8 Å². The Morgan fingerprint density at radius 2 is 2.06 bits per heavy atom.